The molecule has 2 amide bonds. The number of hydrogen-bond donors (Lipinski definition) is 2. The first-order chi connectivity index (χ1) is 9.23. The zero-order valence-electron chi connectivity index (χ0n) is 11.9. The molecule has 0 aromatic heterocycles. The molecule has 3 atom stereocenters. The second-order valence-corrected chi connectivity index (χ2v) is 7.25. The first-order valence-corrected chi connectivity index (χ1v) is 7.73. The SMILES string of the molecule is CCC(C)(NC(=O)C1CSC2(C)CCC(=O)N12)C(=O)O. The van der Waals surface area contributed by atoms with E-state index in [1.54, 1.807) is 23.6 Å². The molecule has 0 aromatic carbocycles. The smallest absolute Gasteiger partial charge is 0.329 e. The number of aliphatic carboxylic acids is 1. The largest absolute Gasteiger partial charge is 0.480 e. The highest BCUT2D eigenvalue weighted by molar-refractivity contribution is 8.01. The monoisotopic (exact) mass is 300 g/mol. The van der Waals surface area contributed by atoms with Crippen molar-refractivity contribution < 1.29 is 19.5 Å². The zero-order valence-corrected chi connectivity index (χ0v) is 12.7. The van der Waals surface area contributed by atoms with Crippen molar-refractivity contribution in [3.8, 4) is 0 Å². The average Bonchev–Trinajstić information content (AvgIpc) is 2.86. The standard InChI is InChI=1S/C13H20N2O4S/c1-4-12(2,11(18)19)14-10(17)8-7-20-13(3)6-5-9(16)15(8)13/h8H,4-7H2,1-3H3,(H,14,17)(H,18,19). The summed E-state index contributed by atoms with van der Waals surface area (Å²) in [4.78, 5) is 36.9. The maximum absolute atomic E-state index is 12.4. The van der Waals surface area contributed by atoms with Gasteiger partial charge in [-0.15, -0.1) is 11.8 Å². The van der Waals surface area contributed by atoms with E-state index in [-0.39, 0.29) is 16.7 Å². The third kappa shape index (κ3) is 2.28. The van der Waals surface area contributed by atoms with Crippen molar-refractivity contribution in [3.05, 3.63) is 0 Å². The van der Waals surface area contributed by atoms with Crippen LogP contribution < -0.4 is 5.32 Å². The number of amides is 2. The van der Waals surface area contributed by atoms with Gasteiger partial charge in [-0.2, -0.15) is 0 Å². The molecular weight excluding hydrogens is 280 g/mol. The molecule has 6 nitrogen and oxygen atoms in total. The Labute approximate surface area is 122 Å². The molecule has 2 aliphatic rings. The Bertz CT molecular complexity index is 469. The van der Waals surface area contributed by atoms with Crippen molar-refractivity contribution in [3.63, 3.8) is 0 Å². The van der Waals surface area contributed by atoms with Crippen molar-refractivity contribution in [2.75, 3.05) is 5.75 Å². The van der Waals surface area contributed by atoms with E-state index < -0.39 is 17.6 Å². The molecule has 3 unspecified atom stereocenters. The maximum atomic E-state index is 12.4. The number of carbonyl (C=O) groups is 3. The number of nitrogens with one attached hydrogen (secondary N) is 1. The Balaban J connectivity index is 2.15. The maximum Gasteiger partial charge on any atom is 0.329 e. The van der Waals surface area contributed by atoms with Gasteiger partial charge in [0.05, 0.1) is 4.87 Å². The van der Waals surface area contributed by atoms with Crippen LogP contribution in [0.25, 0.3) is 0 Å². The Morgan fingerprint density at radius 2 is 2.25 bits per heavy atom. The van der Waals surface area contributed by atoms with Crippen molar-refractivity contribution >= 4 is 29.5 Å². The van der Waals surface area contributed by atoms with Gasteiger partial charge >= 0.3 is 5.97 Å². The normalized spacial score (nSPS) is 31.9. The molecule has 20 heavy (non-hydrogen) atoms. The molecule has 7 heteroatoms. The molecule has 2 heterocycles. The van der Waals surface area contributed by atoms with Gasteiger partial charge in [0.2, 0.25) is 11.8 Å². The summed E-state index contributed by atoms with van der Waals surface area (Å²) < 4.78 is 0. The molecule has 0 aromatic rings. The summed E-state index contributed by atoms with van der Waals surface area (Å²) in [7, 11) is 0. The van der Waals surface area contributed by atoms with E-state index in [0.29, 0.717) is 18.6 Å². The van der Waals surface area contributed by atoms with Crippen LogP contribution in [0.1, 0.15) is 40.0 Å². The lowest BCUT2D eigenvalue weighted by Crippen LogP contribution is -2.58. The summed E-state index contributed by atoms with van der Waals surface area (Å²) in [5.74, 6) is -0.933. The lowest BCUT2D eigenvalue weighted by atomic mass is 9.98. The van der Waals surface area contributed by atoms with Crippen LogP contribution in [0, 0.1) is 0 Å². The topological polar surface area (TPSA) is 86.7 Å². The van der Waals surface area contributed by atoms with Crippen molar-refractivity contribution in [1.82, 2.24) is 10.2 Å². The summed E-state index contributed by atoms with van der Waals surface area (Å²) >= 11 is 1.59. The molecule has 2 rings (SSSR count). The van der Waals surface area contributed by atoms with Crippen molar-refractivity contribution in [2.24, 2.45) is 0 Å². The second-order valence-electron chi connectivity index (χ2n) is 5.75. The minimum Gasteiger partial charge on any atom is -0.480 e. The van der Waals surface area contributed by atoms with Gasteiger partial charge in [-0.05, 0) is 26.7 Å². The average molecular weight is 300 g/mol. The van der Waals surface area contributed by atoms with Crippen LogP contribution in [0.2, 0.25) is 0 Å². The van der Waals surface area contributed by atoms with Crippen LogP contribution in [0.3, 0.4) is 0 Å². The number of rotatable bonds is 4. The predicted octanol–water partition coefficient (Wildman–Crippen LogP) is 0.810. The number of carbonyl (C=O) groups excluding carboxylic acids is 2. The van der Waals surface area contributed by atoms with Gasteiger partial charge in [0.1, 0.15) is 11.6 Å². The van der Waals surface area contributed by atoms with Crippen LogP contribution in [0.5, 0.6) is 0 Å². The molecule has 2 saturated heterocycles. The Kier molecular flexibility index (Phi) is 3.75. The molecular formula is C13H20N2O4S. The van der Waals surface area contributed by atoms with Gasteiger partial charge in [-0.1, -0.05) is 6.92 Å². The van der Waals surface area contributed by atoms with Crippen LogP contribution >= 0.6 is 11.8 Å². The number of carboxylic acids is 1. The highest BCUT2D eigenvalue weighted by Crippen LogP contribution is 2.47. The minimum absolute atomic E-state index is 0.0221. The number of carboxylic acid groups (broad SMARTS) is 1. The summed E-state index contributed by atoms with van der Waals surface area (Å²) in [5, 5.41) is 11.8. The summed E-state index contributed by atoms with van der Waals surface area (Å²) in [5.41, 5.74) is -1.29. The highest BCUT2D eigenvalue weighted by Gasteiger charge is 2.53. The fourth-order valence-electron chi connectivity index (χ4n) is 2.66. The van der Waals surface area contributed by atoms with Crippen LogP contribution in [0.4, 0.5) is 0 Å². The fraction of sp³-hybridized carbons (Fsp3) is 0.769. The lowest BCUT2D eigenvalue weighted by Gasteiger charge is -2.32. The summed E-state index contributed by atoms with van der Waals surface area (Å²) in [6.45, 7) is 5.16. The van der Waals surface area contributed by atoms with E-state index in [9.17, 15) is 19.5 Å². The van der Waals surface area contributed by atoms with Gasteiger partial charge in [0.25, 0.3) is 0 Å². The van der Waals surface area contributed by atoms with E-state index >= 15 is 0 Å². The third-order valence-electron chi connectivity index (χ3n) is 4.33. The zero-order chi connectivity index (χ0) is 15.1. The number of fused-ring (bicyclic) bond motifs is 1. The predicted molar refractivity (Wildman–Crippen MR) is 75.2 cm³/mol. The van der Waals surface area contributed by atoms with Crippen LogP contribution in [-0.4, -0.2) is 50.0 Å². The Morgan fingerprint density at radius 1 is 1.60 bits per heavy atom. The van der Waals surface area contributed by atoms with Gasteiger partial charge in [0, 0.05) is 12.2 Å². The molecule has 0 saturated carbocycles. The third-order valence-corrected chi connectivity index (χ3v) is 5.83. The molecule has 0 aliphatic carbocycles. The summed E-state index contributed by atoms with van der Waals surface area (Å²) in [6.07, 6.45) is 1.49. The minimum atomic E-state index is -1.29. The molecule has 2 aliphatic heterocycles. The van der Waals surface area contributed by atoms with E-state index in [1.165, 1.54) is 6.92 Å². The molecule has 0 spiro atoms. The number of nitrogens with zero attached hydrogens (tertiary/aromatic N) is 1. The first-order valence-electron chi connectivity index (χ1n) is 6.75. The lowest BCUT2D eigenvalue weighted by molar-refractivity contribution is -0.148. The molecule has 2 fully saturated rings. The van der Waals surface area contributed by atoms with E-state index in [4.69, 9.17) is 0 Å². The number of hydrogen-bond acceptors (Lipinski definition) is 4. The second kappa shape index (κ2) is 4.95. The van der Waals surface area contributed by atoms with Crippen LogP contribution in [0.15, 0.2) is 0 Å². The Morgan fingerprint density at radius 3 is 2.80 bits per heavy atom. The van der Waals surface area contributed by atoms with Gasteiger partial charge in [0.15, 0.2) is 0 Å². The fourth-order valence-corrected chi connectivity index (χ4v) is 4.09. The van der Waals surface area contributed by atoms with Crippen LogP contribution in [-0.2, 0) is 14.4 Å². The molecule has 0 radical (unpaired) electrons. The van der Waals surface area contributed by atoms with Gasteiger partial charge in [-0.25, -0.2) is 4.79 Å². The van der Waals surface area contributed by atoms with Crippen molar-refractivity contribution in [2.45, 2.75) is 56.5 Å². The summed E-state index contributed by atoms with van der Waals surface area (Å²) in [6, 6.07) is -0.565. The van der Waals surface area contributed by atoms with E-state index in [1.807, 2.05) is 6.92 Å². The van der Waals surface area contributed by atoms with E-state index in [2.05, 4.69) is 5.32 Å². The van der Waals surface area contributed by atoms with Crippen molar-refractivity contribution in [1.29, 1.82) is 0 Å². The highest BCUT2D eigenvalue weighted by atomic mass is 32.2. The quantitative estimate of drug-likeness (QED) is 0.802. The van der Waals surface area contributed by atoms with E-state index in [0.717, 1.165) is 6.42 Å². The Hall–Kier alpha value is -1.24. The molecule has 2 N–H and O–H groups in total. The van der Waals surface area contributed by atoms with Gasteiger partial charge in [-0.3, -0.25) is 9.59 Å². The molecule has 112 valence electrons. The first kappa shape index (κ1) is 15.2. The molecule has 0 bridgehead atoms. The van der Waals surface area contributed by atoms with Gasteiger partial charge < -0.3 is 15.3 Å². The number of thioether (sulfide) groups is 1.